The van der Waals surface area contributed by atoms with Crippen molar-refractivity contribution in [1.82, 2.24) is 4.90 Å². The molecule has 0 aromatic heterocycles. The first-order valence-corrected chi connectivity index (χ1v) is 6.35. The number of hydrogen-bond acceptors (Lipinski definition) is 4. The number of nitrogens with zero attached hydrogens (tertiary/aromatic N) is 1. The summed E-state index contributed by atoms with van der Waals surface area (Å²) < 4.78 is 10.8. The summed E-state index contributed by atoms with van der Waals surface area (Å²) in [5, 5.41) is 9.03. The first-order chi connectivity index (χ1) is 8.17. The lowest BCUT2D eigenvalue weighted by atomic mass is 10.2. The minimum Gasteiger partial charge on any atom is -0.479 e. The summed E-state index contributed by atoms with van der Waals surface area (Å²) >= 11 is 0. The maximum Gasteiger partial charge on any atom is 0.334 e. The first-order valence-electron chi connectivity index (χ1n) is 6.35. The van der Waals surface area contributed by atoms with Crippen LogP contribution in [0.4, 0.5) is 0 Å². The highest BCUT2D eigenvalue weighted by molar-refractivity contribution is 5.72. The van der Waals surface area contributed by atoms with Gasteiger partial charge in [-0.05, 0) is 26.3 Å². The average Bonchev–Trinajstić information content (AvgIpc) is 2.79. The fourth-order valence-corrected chi connectivity index (χ4v) is 2.05. The third kappa shape index (κ3) is 5.02. The second-order valence-corrected chi connectivity index (χ2v) is 4.27. The number of likely N-dealkylation sites (N-methyl/N-ethyl adjacent to an activating group) is 1. The van der Waals surface area contributed by atoms with E-state index < -0.39 is 12.1 Å². The lowest BCUT2D eigenvalue weighted by Gasteiger charge is -2.26. The smallest absolute Gasteiger partial charge is 0.334 e. The predicted molar refractivity (Wildman–Crippen MR) is 64.1 cm³/mol. The van der Waals surface area contributed by atoms with Crippen LogP contribution in [0.3, 0.4) is 0 Å². The Bertz CT molecular complexity index is 229. The molecule has 1 fully saturated rings. The van der Waals surface area contributed by atoms with Gasteiger partial charge in [0.05, 0.1) is 6.10 Å². The Hall–Kier alpha value is -0.650. The Balaban J connectivity index is 2.39. The Morgan fingerprint density at radius 1 is 1.59 bits per heavy atom. The molecule has 17 heavy (non-hydrogen) atoms. The van der Waals surface area contributed by atoms with Crippen LogP contribution in [-0.4, -0.2) is 61.0 Å². The lowest BCUT2D eigenvalue weighted by molar-refractivity contribution is -0.151. The summed E-state index contributed by atoms with van der Waals surface area (Å²) in [6.07, 6.45) is 1.70. The largest absolute Gasteiger partial charge is 0.479 e. The molecule has 0 aliphatic carbocycles. The molecule has 0 amide bonds. The van der Waals surface area contributed by atoms with Gasteiger partial charge < -0.3 is 14.6 Å². The molecule has 0 bridgehead atoms. The number of hydrogen-bond donors (Lipinski definition) is 1. The van der Waals surface area contributed by atoms with Crippen LogP contribution in [-0.2, 0) is 14.3 Å². The molecule has 1 rings (SSSR count). The van der Waals surface area contributed by atoms with E-state index in [0.29, 0.717) is 13.2 Å². The van der Waals surface area contributed by atoms with Gasteiger partial charge in [-0.25, -0.2) is 4.79 Å². The van der Waals surface area contributed by atoms with Gasteiger partial charge in [0.15, 0.2) is 6.10 Å². The molecule has 1 aliphatic heterocycles. The van der Waals surface area contributed by atoms with Crippen LogP contribution in [0.5, 0.6) is 0 Å². The van der Waals surface area contributed by atoms with Crippen LogP contribution in [0.2, 0.25) is 0 Å². The van der Waals surface area contributed by atoms with Crippen LogP contribution in [0.15, 0.2) is 0 Å². The van der Waals surface area contributed by atoms with Gasteiger partial charge >= 0.3 is 5.97 Å². The van der Waals surface area contributed by atoms with Gasteiger partial charge in [0.25, 0.3) is 0 Å². The fraction of sp³-hybridized carbons (Fsp3) is 0.917. The minimum atomic E-state index is -0.891. The summed E-state index contributed by atoms with van der Waals surface area (Å²) in [5.74, 6) is -0.891. The maximum atomic E-state index is 11.0. The third-order valence-corrected chi connectivity index (χ3v) is 3.00. The van der Waals surface area contributed by atoms with Gasteiger partial charge in [0.1, 0.15) is 0 Å². The van der Waals surface area contributed by atoms with E-state index in [0.717, 1.165) is 32.5 Å². The molecular formula is C12H23NO4. The number of aliphatic carboxylic acids is 1. The molecule has 1 heterocycles. The van der Waals surface area contributed by atoms with Crippen LogP contribution < -0.4 is 0 Å². The van der Waals surface area contributed by atoms with E-state index in [4.69, 9.17) is 14.6 Å². The van der Waals surface area contributed by atoms with Crippen molar-refractivity contribution < 1.29 is 19.4 Å². The van der Waals surface area contributed by atoms with E-state index in [2.05, 4.69) is 4.90 Å². The SMILES string of the molecule is CCOC(CN(CC)CC1CCCO1)C(=O)O. The minimum absolute atomic E-state index is 0.256. The molecule has 0 aromatic rings. The Morgan fingerprint density at radius 3 is 2.82 bits per heavy atom. The standard InChI is InChI=1S/C12H23NO4/c1-3-13(8-10-6-5-7-17-10)9-11(12(14)15)16-4-2/h10-11H,3-9H2,1-2H3,(H,14,15). The second kappa shape index (κ2) is 7.63. The molecule has 100 valence electrons. The van der Waals surface area contributed by atoms with Crippen molar-refractivity contribution in [3.05, 3.63) is 0 Å². The van der Waals surface area contributed by atoms with Gasteiger partial charge in [0.2, 0.25) is 0 Å². The summed E-state index contributed by atoms with van der Waals surface area (Å²) in [6, 6.07) is 0. The molecule has 0 saturated carbocycles. The van der Waals surface area contributed by atoms with Crippen LogP contribution in [0, 0.1) is 0 Å². The van der Waals surface area contributed by atoms with Crippen LogP contribution in [0.25, 0.3) is 0 Å². The Kier molecular flexibility index (Phi) is 6.47. The van der Waals surface area contributed by atoms with Gasteiger partial charge in [0, 0.05) is 26.3 Å². The molecule has 5 heteroatoms. The molecule has 2 unspecified atom stereocenters. The highest BCUT2D eigenvalue weighted by Crippen LogP contribution is 2.13. The van der Waals surface area contributed by atoms with E-state index in [1.165, 1.54) is 0 Å². The molecule has 0 radical (unpaired) electrons. The molecule has 1 N–H and O–H groups in total. The lowest BCUT2D eigenvalue weighted by Crippen LogP contribution is -2.42. The van der Waals surface area contributed by atoms with Crippen molar-refractivity contribution >= 4 is 5.97 Å². The van der Waals surface area contributed by atoms with Crippen molar-refractivity contribution in [1.29, 1.82) is 0 Å². The molecule has 1 aliphatic rings. The third-order valence-electron chi connectivity index (χ3n) is 3.00. The van der Waals surface area contributed by atoms with Crippen LogP contribution in [0.1, 0.15) is 26.7 Å². The highest BCUT2D eigenvalue weighted by atomic mass is 16.5. The van der Waals surface area contributed by atoms with Crippen molar-refractivity contribution in [3.63, 3.8) is 0 Å². The number of carboxylic acids is 1. The Morgan fingerprint density at radius 2 is 2.35 bits per heavy atom. The van der Waals surface area contributed by atoms with E-state index >= 15 is 0 Å². The van der Waals surface area contributed by atoms with Crippen molar-refractivity contribution in [2.75, 3.05) is 32.8 Å². The number of ether oxygens (including phenoxy) is 2. The predicted octanol–water partition coefficient (Wildman–Crippen LogP) is 0.977. The molecule has 5 nitrogen and oxygen atoms in total. The molecule has 0 aromatic carbocycles. The topological polar surface area (TPSA) is 59.0 Å². The van der Waals surface area contributed by atoms with Gasteiger partial charge in [-0.3, -0.25) is 4.90 Å². The normalized spacial score (nSPS) is 21.9. The number of rotatable bonds is 8. The van der Waals surface area contributed by atoms with Gasteiger partial charge in [-0.15, -0.1) is 0 Å². The van der Waals surface area contributed by atoms with Gasteiger partial charge in [-0.2, -0.15) is 0 Å². The Labute approximate surface area is 103 Å². The first kappa shape index (κ1) is 14.4. The molecule has 2 atom stereocenters. The number of carboxylic acid groups (broad SMARTS) is 1. The molecule has 0 spiro atoms. The summed E-state index contributed by atoms with van der Waals surface area (Å²) in [4.78, 5) is 13.1. The zero-order valence-corrected chi connectivity index (χ0v) is 10.7. The second-order valence-electron chi connectivity index (χ2n) is 4.27. The van der Waals surface area contributed by atoms with E-state index in [1.807, 2.05) is 13.8 Å². The van der Waals surface area contributed by atoms with E-state index in [9.17, 15) is 4.79 Å². The summed E-state index contributed by atoms with van der Waals surface area (Å²) in [7, 11) is 0. The van der Waals surface area contributed by atoms with Crippen molar-refractivity contribution in [2.24, 2.45) is 0 Å². The zero-order chi connectivity index (χ0) is 12.7. The molecule has 1 saturated heterocycles. The van der Waals surface area contributed by atoms with Gasteiger partial charge in [-0.1, -0.05) is 6.92 Å². The molecular weight excluding hydrogens is 222 g/mol. The van der Waals surface area contributed by atoms with E-state index in [-0.39, 0.29) is 6.10 Å². The van der Waals surface area contributed by atoms with Crippen molar-refractivity contribution in [3.8, 4) is 0 Å². The van der Waals surface area contributed by atoms with Crippen molar-refractivity contribution in [2.45, 2.75) is 38.9 Å². The van der Waals surface area contributed by atoms with E-state index in [1.54, 1.807) is 0 Å². The van der Waals surface area contributed by atoms with Crippen LogP contribution >= 0.6 is 0 Å². The fourth-order valence-electron chi connectivity index (χ4n) is 2.05. The quantitative estimate of drug-likeness (QED) is 0.690. The zero-order valence-electron chi connectivity index (χ0n) is 10.7. The summed E-state index contributed by atoms with van der Waals surface area (Å²) in [5.41, 5.74) is 0. The number of carbonyl (C=O) groups is 1. The highest BCUT2D eigenvalue weighted by Gasteiger charge is 2.24. The maximum absolute atomic E-state index is 11.0. The average molecular weight is 245 g/mol. The summed E-state index contributed by atoms with van der Waals surface area (Å²) in [6.45, 7) is 7.14. The monoisotopic (exact) mass is 245 g/mol.